The number of imidazole rings is 1. The zero-order chi connectivity index (χ0) is 13.9. The molecule has 1 aromatic heterocycles. The molecule has 2 atom stereocenters. The van der Waals surface area contributed by atoms with E-state index in [1.807, 2.05) is 0 Å². The molecule has 9 heteroatoms. The van der Waals surface area contributed by atoms with Gasteiger partial charge in [-0.25, -0.2) is 18.1 Å². The van der Waals surface area contributed by atoms with Crippen LogP contribution < -0.4 is 4.72 Å². The van der Waals surface area contributed by atoms with Gasteiger partial charge in [-0.1, -0.05) is 18.5 Å². The van der Waals surface area contributed by atoms with E-state index >= 15 is 0 Å². The van der Waals surface area contributed by atoms with E-state index in [2.05, 4.69) is 9.71 Å². The lowest BCUT2D eigenvalue weighted by atomic mass is 10.3. The molecule has 0 saturated carbocycles. The van der Waals surface area contributed by atoms with Crippen LogP contribution in [0.5, 0.6) is 0 Å². The van der Waals surface area contributed by atoms with E-state index in [-0.39, 0.29) is 22.0 Å². The van der Waals surface area contributed by atoms with Crippen molar-refractivity contribution in [1.29, 1.82) is 0 Å². The van der Waals surface area contributed by atoms with Crippen LogP contribution in [0.3, 0.4) is 0 Å². The first kappa shape index (κ1) is 15.6. The van der Waals surface area contributed by atoms with Crippen LogP contribution in [0.15, 0.2) is 11.4 Å². The molecule has 6 nitrogen and oxygen atoms in total. The maximum atomic E-state index is 11.9. The average Bonchev–Trinajstić information content (AvgIpc) is 2.59. The van der Waals surface area contributed by atoms with Crippen molar-refractivity contribution in [1.82, 2.24) is 14.3 Å². The van der Waals surface area contributed by atoms with Crippen molar-refractivity contribution in [2.75, 3.05) is 12.8 Å². The fraction of sp³-hybridized carbons (Fsp3) is 0.667. The van der Waals surface area contributed by atoms with E-state index in [1.54, 1.807) is 20.2 Å². The average molecular weight is 314 g/mol. The molecule has 0 aliphatic rings. The third-order valence-electron chi connectivity index (χ3n) is 2.50. The minimum atomic E-state index is -3.70. The van der Waals surface area contributed by atoms with Gasteiger partial charge in [0.05, 0.1) is 6.33 Å². The number of nitrogens with zero attached hydrogens (tertiary/aromatic N) is 2. The minimum absolute atomic E-state index is 0.0631. The van der Waals surface area contributed by atoms with E-state index in [0.717, 1.165) is 0 Å². The van der Waals surface area contributed by atoms with Gasteiger partial charge in [0.1, 0.15) is 5.15 Å². The summed E-state index contributed by atoms with van der Waals surface area (Å²) in [6, 6.07) is 0. The number of rotatable bonds is 6. The van der Waals surface area contributed by atoms with Crippen molar-refractivity contribution in [3.8, 4) is 0 Å². The van der Waals surface area contributed by atoms with Gasteiger partial charge in [-0.2, -0.15) is 0 Å². The largest absolute Gasteiger partial charge is 0.324 e. The summed E-state index contributed by atoms with van der Waals surface area (Å²) in [5.74, 6) is 0. The molecule has 1 aromatic rings. The molecule has 2 unspecified atom stereocenters. The van der Waals surface area contributed by atoms with Gasteiger partial charge < -0.3 is 4.57 Å². The molecule has 18 heavy (non-hydrogen) atoms. The quantitative estimate of drug-likeness (QED) is 0.829. The normalized spacial score (nSPS) is 15.6. The molecule has 1 N–H and O–H groups in total. The number of hydrogen-bond acceptors (Lipinski definition) is 4. The van der Waals surface area contributed by atoms with E-state index in [4.69, 9.17) is 11.6 Å². The fourth-order valence-electron chi connectivity index (χ4n) is 1.20. The highest BCUT2D eigenvalue weighted by atomic mass is 35.5. The first-order valence-corrected chi connectivity index (χ1v) is 8.72. The Labute approximate surface area is 114 Å². The van der Waals surface area contributed by atoms with Gasteiger partial charge in [0.15, 0.2) is 0 Å². The molecular formula is C9H16ClN3O3S2. The minimum Gasteiger partial charge on any atom is -0.324 e. The van der Waals surface area contributed by atoms with Gasteiger partial charge in [0.25, 0.3) is 10.0 Å². The third kappa shape index (κ3) is 3.78. The fourth-order valence-corrected chi connectivity index (χ4v) is 3.13. The lowest BCUT2D eigenvalue weighted by molar-refractivity contribution is 0.574. The van der Waals surface area contributed by atoms with E-state index in [0.29, 0.717) is 6.42 Å². The Bertz CT molecular complexity index is 541. The molecule has 1 heterocycles. The van der Waals surface area contributed by atoms with Crippen molar-refractivity contribution >= 4 is 32.4 Å². The van der Waals surface area contributed by atoms with Crippen LogP contribution in [0.1, 0.15) is 13.3 Å². The van der Waals surface area contributed by atoms with Crippen molar-refractivity contribution in [2.45, 2.75) is 23.6 Å². The zero-order valence-corrected chi connectivity index (χ0v) is 12.8. The number of aryl methyl sites for hydroxylation is 1. The van der Waals surface area contributed by atoms with Gasteiger partial charge in [0.2, 0.25) is 5.03 Å². The molecule has 0 aliphatic heterocycles. The molecule has 0 saturated heterocycles. The first-order chi connectivity index (χ1) is 8.25. The van der Waals surface area contributed by atoms with Crippen molar-refractivity contribution < 1.29 is 12.6 Å². The second kappa shape index (κ2) is 6.14. The highest BCUT2D eigenvalue weighted by Crippen LogP contribution is 2.18. The number of hydrogen-bond donors (Lipinski definition) is 1. The predicted molar refractivity (Wildman–Crippen MR) is 71.6 cm³/mol. The molecule has 0 bridgehead atoms. The molecular weight excluding hydrogens is 298 g/mol. The Morgan fingerprint density at radius 1 is 1.61 bits per heavy atom. The summed E-state index contributed by atoms with van der Waals surface area (Å²) in [5.41, 5.74) is 0. The molecule has 104 valence electrons. The van der Waals surface area contributed by atoms with Crippen LogP contribution in [0.25, 0.3) is 0 Å². The van der Waals surface area contributed by atoms with Crippen molar-refractivity contribution in [3.05, 3.63) is 11.5 Å². The Hall–Kier alpha value is -0.440. The lowest BCUT2D eigenvalue weighted by Gasteiger charge is -2.09. The van der Waals surface area contributed by atoms with Crippen LogP contribution in [0.4, 0.5) is 0 Å². The van der Waals surface area contributed by atoms with Gasteiger partial charge in [-0.15, -0.1) is 0 Å². The monoisotopic (exact) mass is 313 g/mol. The number of nitrogens with one attached hydrogen (secondary N) is 1. The van der Waals surface area contributed by atoms with Crippen LogP contribution in [0, 0.1) is 0 Å². The highest BCUT2D eigenvalue weighted by molar-refractivity contribution is 7.89. The number of aromatic nitrogens is 2. The molecule has 0 spiro atoms. The maximum Gasteiger partial charge on any atom is 0.261 e. The summed E-state index contributed by atoms with van der Waals surface area (Å²) < 4.78 is 38.7. The van der Waals surface area contributed by atoms with Gasteiger partial charge >= 0.3 is 0 Å². The summed E-state index contributed by atoms with van der Waals surface area (Å²) in [5, 5.41) is -0.182. The summed E-state index contributed by atoms with van der Waals surface area (Å²) >= 11 is 5.82. The maximum absolute atomic E-state index is 11.9. The van der Waals surface area contributed by atoms with Crippen LogP contribution in [0.2, 0.25) is 5.15 Å². The van der Waals surface area contributed by atoms with Gasteiger partial charge in [-0.3, -0.25) is 4.21 Å². The van der Waals surface area contributed by atoms with Gasteiger partial charge in [-0.05, 0) is 6.42 Å². The van der Waals surface area contributed by atoms with Crippen molar-refractivity contribution in [2.24, 2.45) is 7.05 Å². The topological polar surface area (TPSA) is 81.1 Å². The Morgan fingerprint density at radius 3 is 2.67 bits per heavy atom. The second-order valence-corrected chi connectivity index (χ2v) is 7.79. The third-order valence-corrected chi connectivity index (χ3v) is 5.82. The molecule has 1 rings (SSSR count). The molecule has 0 aliphatic carbocycles. The van der Waals surface area contributed by atoms with E-state index in [9.17, 15) is 12.6 Å². The van der Waals surface area contributed by atoms with E-state index in [1.165, 1.54) is 10.9 Å². The molecule has 0 radical (unpaired) electrons. The zero-order valence-electron chi connectivity index (χ0n) is 10.4. The first-order valence-electron chi connectivity index (χ1n) is 5.24. The molecule has 0 aromatic carbocycles. The molecule has 0 fully saturated rings. The smallest absolute Gasteiger partial charge is 0.261 e. The summed E-state index contributed by atoms with van der Waals surface area (Å²) in [4.78, 5) is 3.74. The predicted octanol–water partition coefficient (Wildman–Crippen LogP) is 0.509. The lowest BCUT2D eigenvalue weighted by Crippen LogP contribution is -2.28. The van der Waals surface area contributed by atoms with E-state index < -0.39 is 20.8 Å². The Morgan fingerprint density at radius 2 is 2.22 bits per heavy atom. The van der Waals surface area contributed by atoms with Gasteiger partial charge in [0, 0.05) is 35.9 Å². The van der Waals surface area contributed by atoms with Crippen LogP contribution in [-0.4, -0.2) is 40.2 Å². The Kier molecular flexibility index (Phi) is 5.32. The molecule has 0 amide bonds. The van der Waals surface area contributed by atoms with Crippen LogP contribution >= 0.6 is 11.6 Å². The highest BCUT2D eigenvalue weighted by Gasteiger charge is 2.22. The summed E-state index contributed by atoms with van der Waals surface area (Å²) in [6.07, 6.45) is 3.42. The SMILES string of the molecule is CC(CCNS(=O)(=O)c1ncn(C)c1Cl)S(C)=O. The standard InChI is InChI=1S/C9H16ClN3O3S2/c1-7(17(3)14)4-5-12-18(15,16)9-8(10)13(2)6-11-9/h6-7,12H,4-5H2,1-3H3. The second-order valence-electron chi connectivity index (χ2n) is 3.95. The number of halogens is 1. The van der Waals surface area contributed by atoms with Crippen molar-refractivity contribution in [3.63, 3.8) is 0 Å². The number of sulfonamides is 1. The summed E-state index contributed by atoms with van der Waals surface area (Å²) in [6.45, 7) is 2.01. The summed E-state index contributed by atoms with van der Waals surface area (Å²) in [7, 11) is -3.06. The Balaban J connectivity index is 2.67. The van der Waals surface area contributed by atoms with Crippen LogP contribution in [-0.2, 0) is 27.9 Å².